The van der Waals surface area contributed by atoms with E-state index in [-0.39, 0.29) is 0 Å². The molecular weight excluding hydrogens is 186 g/mol. The molecule has 0 amide bonds. The van der Waals surface area contributed by atoms with Crippen LogP contribution in [-0.2, 0) is 0 Å². The van der Waals surface area contributed by atoms with Crippen molar-refractivity contribution in [3.05, 3.63) is 54.9 Å². The number of aromatic nitrogens is 1. The van der Waals surface area contributed by atoms with Crippen molar-refractivity contribution in [2.45, 2.75) is 0 Å². The van der Waals surface area contributed by atoms with Crippen LogP contribution in [-0.4, -0.2) is 4.98 Å². The van der Waals surface area contributed by atoms with E-state index in [1.165, 1.54) is 12.0 Å². The lowest BCUT2D eigenvalue weighted by atomic mass is 10.1. The molecule has 0 saturated carbocycles. The predicted molar refractivity (Wildman–Crippen MR) is 59.4 cm³/mol. The maximum atomic E-state index is 5.20. The number of hydrogen-bond donors (Lipinski definition) is 0. The van der Waals surface area contributed by atoms with Crippen molar-refractivity contribution in [2.24, 2.45) is 0 Å². The fraction of sp³-hybridized carbons (Fsp3) is 0. The van der Waals surface area contributed by atoms with Gasteiger partial charge < -0.3 is 4.42 Å². The van der Waals surface area contributed by atoms with E-state index in [1.807, 2.05) is 36.4 Å². The molecule has 0 atom stereocenters. The summed E-state index contributed by atoms with van der Waals surface area (Å²) in [5.41, 5.74) is 4.09. The van der Waals surface area contributed by atoms with Gasteiger partial charge in [0.05, 0.1) is 0 Å². The highest BCUT2D eigenvalue weighted by atomic mass is 16.3. The minimum absolute atomic E-state index is 0.828. The molecule has 0 bridgehead atoms. The zero-order valence-electron chi connectivity index (χ0n) is 8.05. The van der Waals surface area contributed by atoms with Crippen molar-refractivity contribution in [1.29, 1.82) is 0 Å². The Bertz CT molecular complexity index is 584. The van der Waals surface area contributed by atoms with Crippen molar-refractivity contribution >= 4 is 11.1 Å². The van der Waals surface area contributed by atoms with E-state index in [1.54, 1.807) is 0 Å². The third-order valence-corrected chi connectivity index (χ3v) is 2.44. The summed E-state index contributed by atoms with van der Waals surface area (Å²) in [6.07, 6.45) is 1.47. The Morgan fingerprint density at radius 2 is 1.73 bits per heavy atom. The van der Waals surface area contributed by atoms with Gasteiger partial charge in [-0.2, -0.15) is 0 Å². The molecule has 3 rings (SSSR count). The van der Waals surface area contributed by atoms with Crippen molar-refractivity contribution in [1.82, 2.24) is 4.98 Å². The van der Waals surface area contributed by atoms with E-state index in [9.17, 15) is 0 Å². The molecule has 2 aromatic carbocycles. The number of rotatable bonds is 1. The molecule has 0 aliphatic rings. The Kier molecular flexibility index (Phi) is 1.78. The van der Waals surface area contributed by atoms with E-state index >= 15 is 0 Å². The molecule has 0 fully saturated rings. The molecule has 0 unspecified atom stereocenters. The first kappa shape index (κ1) is 8.24. The minimum atomic E-state index is 0.828. The second-order valence-electron chi connectivity index (χ2n) is 3.40. The Labute approximate surface area is 87.2 Å². The van der Waals surface area contributed by atoms with Gasteiger partial charge in [0.1, 0.15) is 5.52 Å². The monoisotopic (exact) mass is 195 g/mol. The van der Waals surface area contributed by atoms with Gasteiger partial charge in [-0.05, 0) is 23.3 Å². The van der Waals surface area contributed by atoms with E-state index in [0.29, 0.717) is 0 Å². The highest BCUT2D eigenvalue weighted by molar-refractivity contribution is 5.79. The molecule has 0 aliphatic heterocycles. The van der Waals surface area contributed by atoms with Gasteiger partial charge in [-0.15, -0.1) is 0 Å². The lowest BCUT2D eigenvalue weighted by Gasteiger charge is -1.99. The quantitative estimate of drug-likeness (QED) is 0.594. The second-order valence-corrected chi connectivity index (χ2v) is 3.40. The Hall–Kier alpha value is -2.09. The number of hydrogen-bond acceptors (Lipinski definition) is 2. The summed E-state index contributed by atoms with van der Waals surface area (Å²) in [4.78, 5) is 4.14. The SMILES string of the molecule is c1ccc(-c2ccc3ocnc3c2)cc1. The maximum absolute atomic E-state index is 5.20. The van der Waals surface area contributed by atoms with Crippen LogP contribution in [0.2, 0.25) is 0 Å². The molecular formula is C13H9NO. The average Bonchev–Trinajstić information content (AvgIpc) is 2.77. The van der Waals surface area contributed by atoms with Crippen molar-refractivity contribution in [3.63, 3.8) is 0 Å². The molecule has 15 heavy (non-hydrogen) atoms. The Morgan fingerprint density at radius 3 is 2.60 bits per heavy atom. The summed E-state index contributed by atoms with van der Waals surface area (Å²) in [6.45, 7) is 0. The smallest absolute Gasteiger partial charge is 0.181 e. The van der Waals surface area contributed by atoms with Crippen LogP contribution in [0.3, 0.4) is 0 Å². The lowest BCUT2D eigenvalue weighted by Crippen LogP contribution is -1.76. The molecule has 72 valence electrons. The summed E-state index contributed by atoms with van der Waals surface area (Å²) in [5, 5.41) is 0. The fourth-order valence-electron chi connectivity index (χ4n) is 1.67. The molecule has 0 saturated heterocycles. The molecule has 3 aromatic rings. The van der Waals surface area contributed by atoms with E-state index < -0.39 is 0 Å². The fourth-order valence-corrected chi connectivity index (χ4v) is 1.67. The van der Waals surface area contributed by atoms with E-state index in [2.05, 4.69) is 17.1 Å². The molecule has 0 spiro atoms. The van der Waals surface area contributed by atoms with Crippen molar-refractivity contribution in [3.8, 4) is 11.1 Å². The van der Waals surface area contributed by atoms with Crippen molar-refractivity contribution < 1.29 is 4.42 Å². The van der Waals surface area contributed by atoms with Gasteiger partial charge in [0.15, 0.2) is 12.0 Å². The standard InChI is InChI=1S/C13H9NO/c1-2-4-10(5-3-1)11-6-7-13-12(8-11)14-9-15-13/h1-9H. The molecule has 1 aromatic heterocycles. The van der Waals surface area contributed by atoms with Crippen LogP contribution in [0.4, 0.5) is 0 Å². The first-order chi connectivity index (χ1) is 7.43. The summed E-state index contributed by atoms with van der Waals surface area (Å²) in [7, 11) is 0. The average molecular weight is 195 g/mol. The summed E-state index contributed by atoms with van der Waals surface area (Å²) in [5.74, 6) is 0. The molecule has 2 nitrogen and oxygen atoms in total. The highest BCUT2D eigenvalue weighted by Crippen LogP contribution is 2.23. The van der Waals surface area contributed by atoms with Crippen LogP contribution >= 0.6 is 0 Å². The predicted octanol–water partition coefficient (Wildman–Crippen LogP) is 3.49. The maximum Gasteiger partial charge on any atom is 0.181 e. The third kappa shape index (κ3) is 1.40. The van der Waals surface area contributed by atoms with Crippen molar-refractivity contribution in [2.75, 3.05) is 0 Å². The van der Waals surface area contributed by atoms with Gasteiger partial charge in [-0.25, -0.2) is 4.98 Å². The first-order valence-electron chi connectivity index (χ1n) is 4.82. The minimum Gasteiger partial charge on any atom is -0.443 e. The van der Waals surface area contributed by atoms with Crippen LogP contribution < -0.4 is 0 Å². The summed E-state index contributed by atoms with van der Waals surface area (Å²) >= 11 is 0. The number of nitrogens with zero attached hydrogens (tertiary/aromatic N) is 1. The normalized spacial score (nSPS) is 10.7. The summed E-state index contributed by atoms with van der Waals surface area (Å²) in [6, 6.07) is 16.3. The summed E-state index contributed by atoms with van der Waals surface area (Å²) < 4.78 is 5.20. The number of oxazole rings is 1. The molecule has 0 aliphatic carbocycles. The Balaban J connectivity index is 2.19. The van der Waals surface area contributed by atoms with Crippen LogP contribution in [0.1, 0.15) is 0 Å². The molecule has 0 N–H and O–H groups in total. The van der Waals surface area contributed by atoms with Gasteiger partial charge in [-0.1, -0.05) is 36.4 Å². The van der Waals surface area contributed by atoms with E-state index in [0.717, 1.165) is 16.7 Å². The zero-order valence-corrected chi connectivity index (χ0v) is 8.05. The van der Waals surface area contributed by atoms with Gasteiger partial charge in [0.2, 0.25) is 0 Å². The molecule has 2 heteroatoms. The molecule has 1 heterocycles. The number of fused-ring (bicyclic) bond motifs is 1. The lowest BCUT2D eigenvalue weighted by molar-refractivity contribution is 0.602. The topological polar surface area (TPSA) is 26.0 Å². The second kappa shape index (κ2) is 3.24. The van der Waals surface area contributed by atoms with Crippen LogP contribution in [0.25, 0.3) is 22.2 Å². The number of benzene rings is 2. The van der Waals surface area contributed by atoms with Gasteiger partial charge >= 0.3 is 0 Å². The van der Waals surface area contributed by atoms with Crippen LogP contribution in [0.15, 0.2) is 59.3 Å². The highest BCUT2D eigenvalue weighted by Gasteiger charge is 2.01. The van der Waals surface area contributed by atoms with Gasteiger partial charge in [0, 0.05) is 0 Å². The Morgan fingerprint density at radius 1 is 0.867 bits per heavy atom. The third-order valence-electron chi connectivity index (χ3n) is 2.44. The van der Waals surface area contributed by atoms with Crippen LogP contribution in [0.5, 0.6) is 0 Å². The van der Waals surface area contributed by atoms with Gasteiger partial charge in [0.25, 0.3) is 0 Å². The van der Waals surface area contributed by atoms with Crippen LogP contribution in [0, 0.1) is 0 Å². The zero-order chi connectivity index (χ0) is 10.1. The molecule has 0 radical (unpaired) electrons. The first-order valence-corrected chi connectivity index (χ1v) is 4.82. The van der Waals surface area contributed by atoms with Gasteiger partial charge in [-0.3, -0.25) is 0 Å². The largest absolute Gasteiger partial charge is 0.443 e. The van der Waals surface area contributed by atoms with E-state index in [4.69, 9.17) is 4.42 Å².